The van der Waals surface area contributed by atoms with Crippen molar-refractivity contribution in [2.24, 2.45) is 5.92 Å². The Morgan fingerprint density at radius 3 is 2.45 bits per heavy atom. The van der Waals surface area contributed by atoms with Crippen LogP contribution in [-0.2, 0) is 6.04 Å². The molecule has 0 heterocycles. The molecule has 0 aromatic heterocycles. The monoisotopic (exact) mass is 284 g/mol. The minimum Gasteiger partial charge on any atom is -0.0998 e. The summed E-state index contributed by atoms with van der Waals surface area (Å²) >= 11 is 0. The zero-order valence-corrected chi connectivity index (χ0v) is 14.1. The minimum atomic E-state index is -1.41. The molecular weight excluding hydrogens is 256 g/mol. The van der Waals surface area contributed by atoms with E-state index in [-0.39, 0.29) is 0 Å². The van der Waals surface area contributed by atoms with E-state index in [0.717, 1.165) is 5.92 Å². The van der Waals surface area contributed by atoms with E-state index in [2.05, 4.69) is 62.2 Å². The van der Waals surface area contributed by atoms with Gasteiger partial charge in [0.05, 0.1) is 8.07 Å². The van der Waals surface area contributed by atoms with E-state index < -0.39 is 8.07 Å². The predicted molar refractivity (Wildman–Crippen MR) is 92.5 cm³/mol. The van der Waals surface area contributed by atoms with E-state index in [0.29, 0.717) is 0 Å². The van der Waals surface area contributed by atoms with E-state index >= 15 is 0 Å². The Bertz CT molecular complexity index is 450. The summed E-state index contributed by atoms with van der Waals surface area (Å²) in [6.45, 7) is 9.26. The quantitative estimate of drug-likeness (QED) is 0.480. The molecule has 0 amide bonds. The van der Waals surface area contributed by atoms with Crippen molar-refractivity contribution in [1.29, 1.82) is 0 Å². The van der Waals surface area contributed by atoms with Crippen molar-refractivity contribution >= 4 is 8.07 Å². The van der Waals surface area contributed by atoms with E-state index in [9.17, 15) is 0 Å². The normalized spacial score (nSPS) is 17.5. The van der Waals surface area contributed by atoms with Gasteiger partial charge in [0.2, 0.25) is 0 Å². The fourth-order valence-corrected chi connectivity index (χ4v) is 5.05. The van der Waals surface area contributed by atoms with Crippen LogP contribution in [-0.4, -0.2) is 8.07 Å². The van der Waals surface area contributed by atoms with Gasteiger partial charge in [0.25, 0.3) is 0 Å². The van der Waals surface area contributed by atoms with Gasteiger partial charge in [0, 0.05) is 0 Å². The second-order valence-electron chi connectivity index (χ2n) is 6.83. The first-order valence-electron chi connectivity index (χ1n) is 7.99. The SMILES string of the molecule is C=C(/C=C\C1CCCCC1)[Si](C)(C)Cc1ccccc1. The molecule has 108 valence electrons. The molecule has 1 aromatic carbocycles. The van der Waals surface area contributed by atoms with Gasteiger partial charge in [-0.2, -0.15) is 0 Å². The van der Waals surface area contributed by atoms with Gasteiger partial charge >= 0.3 is 0 Å². The summed E-state index contributed by atoms with van der Waals surface area (Å²) in [5, 5.41) is 1.40. The molecule has 0 unspecified atom stereocenters. The topological polar surface area (TPSA) is 0 Å². The fraction of sp³-hybridized carbons (Fsp3) is 0.474. The van der Waals surface area contributed by atoms with Crippen LogP contribution in [0, 0.1) is 5.92 Å². The van der Waals surface area contributed by atoms with Crippen molar-refractivity contribution < 1.29 is 0 Å². The fourth-order valence-electron chi connectivity index (χ4n) is 3.02. The summed E-state index contributed by atoms with van der Waals surface area (Å²) in [5.74, 6) is 0.807. The Kier molecular flexibility index (Phi) is 5.42. The number of hydrogen-bond donors (Lipinski definition) is 0. The molecule has 1 aliphatic carbocycles. The Morgan fingerprint density at radius 2 is 1.80 bits per heavy atom. The first kappa shape index (κ1) is 15.3. The van der Waals surface area contributed by atoms with Crippen LogP contribution in [0.2, 0.25) is 13.1 Å². The summed E-state index contributed by atoms with van der Waals surface area (Å²) in [7, 11) is -1.41. The van der Waals surface area contributed by atoms with Gasteiger partial charge in [-0.25, -0.2) is 0 Å². The van der Waals surface area contributed by atoms with Crippen molar-refractivity contribution in [2.45, 2.75) is 51.2 Å². The largest absolute Gasteiger partial charge is 0.0998 e. The third-order valence-electron chi connectivity index (χ3n) is 4.58. The number of rotatable bonds is 5. The highest BCUT2D eigenvalue weighted by Crippen LogP contribution is 2.26. The van der Waals surface area contributed by atoms with Crippen molar-refractivity contribution in [2.75, 3.05) is 0 Å². The Labute approximate surface area is 125 Å². The minimum absolute atomic E-state index is 0.807. The van der Waals surface area contributed by atoms with Gasteiger partial charge in [-0.1, -0.05) is 92.2 Å². The highest BCUT2D eigenvalue weighted by atomic mass is 28.3. The lowest BCUT2D eigenvalue weighted by atomic mass is 9.89. The molecule has 20 heavy (non-hydrogen) atoms. The molecule has 1 fully saturated rings. The molecule has 0 saturated heterocycles. The molecule has 1 aromatic rings. The van der Waals surface area contributed by atoms with Crippen molar-refractivity contribution in [3.05, 3.63) is 59.8 Å². The smallest absolute Gasteiger partial charge is 0.0841 e. The molecule has 0 bridgehead atoms. The van der Waals surface area contributed by atoms with Gasteiger partial charge in [-0.3, -0.25) is 0 Å². The first-order valence-corrected chi connectivity index (χ1v) is 11.2. The van der Waals surface area contributed by atoms with E-state index in [1.165, 1.54) is 48.9 Å². The summed E-state index contributed by atoms with van der Waals surface area (Å²) in [4.78, 5) is 0. The molecule has 0 N–H and O–H groups in total. The Balaban J connectivity index is 1.94. The molecule has 0 nitrogen and oxygen atoms in total. The third kappa shape index (κ3) is 4.48. The third-order valence-corrected chi connectivity index (χ3v) is 7.77. The highest BCUT2D eigenvalue weighted by Gasteiger charge is 2.23. The van der Waals surface area contributed by atoms with Gasteiger partial charge in [-0.15, -0.1) is 0 Å². The maximum Gasteiger partial charge on any atom is 0.0841 e. The van der Waals surface area contributed by atoms with Gasteiger partial charge in [0.1, 0.15) is 0 Å². The maximum absolute atomic E-state index is 4.38. The van der Waals surface area contributed by atoms with Crippen LogP contribution in [0.3, 0.4) is 0 Å². The summed E-state index contributed by atoms with van der Waals surface area (Å²) in [5.41, 5.74) is 1.45. The molecule has 2 rings (SSSR count). The predicted octanol–water partition coefficient (Wildman–Crippen LogP) is 5.71. The van der Waals surface area contributed by atoms with Crippen LogP contribution >= 0.6 is 0 Å². The molecule has 1 heteroatoms. The summed E-state index contributed by atoms with van der Waals surface area (Å²) in [6, 6.07) is 12.1. The maximum atomic E-state index is 4.38. The Hall–Kier alpha value is -1.08. The average Bonchev–Trinajstić information content (AvgIpc) is 2.46. The zero-order valence-electron chi connectivity index (χ0n) is 13.1. The summed E-state index contributed by atoms with van der Waals surface area (Å²) < 4.78 is 0. The van der Waals surface area contributed by atoms with E-state index in [1.54, 1.807) is 0 Å². The lowest BCUT2D eigenvalue weighted by Gasteiger charge is -2.24. The van der Waals surface area contributed by atoms with Crippen LogP contribution in [0.15, 0.2) is 54.3 Å². The van der Waals surface area contributed by atoms with Crippen LogP contribution in [0.5, 0.6) is 0 Å². The van der Waals surface area contributed by atoms with Crippen molar-refractivity contribution in [3.63, 3.8) is 0 Å². The number of hydrogen-bond acceptors (Lipinski definition) is 0. The molecular formula is C19H28Si. The average molecular weight is 285 g/mol. The van der Waals surface area contributed by atoms with E-state index in [1.807, 2.05) is 0 Å². The molecule has 1 saturated carbocycles. The van der Waals surface area contributed by atoms with Crippen molar-refractivity contribution in [3.8, 4) is 0 Å². The number of allylic oxidation sites excluding steroid dienone is 3. The lowest BCUT2D eigenvalue weighted by Crippen LogP contribution is -2.31. The van der Waals surface area contributed by atoms with Gasteiger partial charge in [-0.05, 0) is 24.8 Å². The standard InChI is InChI=1S/C19H28Si/c1-17(14-15-18-10-6-4-7-11-18)20(2,3)16-19-12-8-5-9-13-19/h5,8-9,12-15,18H,1,4,6-7,10-11,16H2,2-3H3/b15-14-. The molecule has 0 aliphatic heterocycles. The molecule has 1 aliphatic rings. The second-order valence-corrected chi connectivity index (χ2v) is 11.6. The number of benzene rings is 1. The van der Waals surface area contributed by atoms with Crippen LogP contribution in [0.25, 0.3) is 0 Å². The van der Waals surface area contributed by atoms with Gasteiger partial charge in [0.15, 0.2) is 0 Å². The molecule has 0 atom stereocenters. The lowest BCUT2D eigenvalue weighted by molar-refractivity contribution is 0.419. The van der Waals surface area contributed by atoms with Crippen molar-refractivity contribution in [1.82, 2.24) is 0 Å². The zero-order chi connectivity index (χ0) is 14.4. The van der Waals surface area contributed by atoms with Gasteiger partial charge < -0.3 is 0 Å². The first-order chi connectivity index (χ1) is 9.58. The van der Waals surface area contributed by atoms with Crippen LogP contribution in [0.1, 0.15) is 37.7 Å². The van der Waals surface area contributed by atoms with Crippen LogP contribution < -0.4 is 0 Å². The molecule has 0 spiro atoms. The molecule has 0 radical (unpaired) electrons. The second kappa shape index (κ2) is 7.08. The summed E-state index contributed by atoms with van der Waals surface area (Å²) in [6.07, 6.45) is 11.8. The highest BCUT2D eigenvalue weighted by molar-refractivity contribution is 6.84. The van der Waals surface area contributed by atoms with Crippen LogP contribution in [0.4, 0.5) is 0 Å². The van der Waals surface area contributed by atoms with E-state index in [4.69, 9.17) is 0 Å². The Morgan fingerprint density at radius 1 is 1.15 bits per heavy atom.